The topological polar surface area (TPSA) is 120 Å². The van der Waals surface area contributed by atoms with Crippen molar-refractivity contribution in [1.29, 1.82) is 0 Å². The van der Waals surface area contributed by atoms with Crippen LogP contribution in [0, 0.1) is 6.92 Å². The van der Waals surface area contributed by atoms with Crippen molar-refractivity contribution in [2.45, 2.75) is 6.92 Å². The van der Waals surface area contributed by atoms with Crippen LogP contribution in [0.5, 0.6) is 6.01 Å². The summed E-state index contributed by atoms with van der Waals surface area (Å²) in [6.07, 6.45) is 5.05. The van der Waals surface area contributed by atoms with Crippen LogP contribution in [-0.2, 0) is 4.79 Å². The average molecular weight is 402 g/mol. The van der Waals surface area contributed by atoms with Gasteiger partial charge in [0, 0.05) is 35.7 Å². The van der Waals surface area contributed by atoms with E-state index in [1.54, 1.807) is 41.5 Å². The van der Waals surface area contributed by atoms with E-state index in [4.69, 9.17) is 4.74 Å². The lowest BCUT2D eigenvalue weighted by atomic mass is 10.2. The van der Waals surface area contributed by atoms with Crippen molar-refractivity contribution in [3.8, 4) is 11.8 Å². The van der Waals surface area contributed by atoms with Crippen LogP contribution < -0.4 is 15.4 Å². The summed E-state index contributed by atoms with van der Waals surface area (Å²) in [6, 6.07) is 14.6. The Hall–Kier alpha value is -4.34. The van der Waals surface area contributed by atoms with E-state index in [2.05, 4.69) is 35.9 Å². The first-order valence-corrected chi connectivity index (χ1v) is 9.09. The Morgan fingerprint density at radius 1 is 1.03 bits per heavy atom. The molecule has 0 aliphatic rings. The van der Waals surface area contributed by atoms with Gasteiger partial charge in [0.1, 0.15) is 0 Å². The standard InChI is InChI=1S/C20H18N8O2/c1-14-9-11-21-20(23-14)30-13-19(29)25-16-5-3-15(4-6-16)24-17-7-8-18(27-26-17)28-12-2-10-22-28/h2-12H,13H2,1H3,(H,24,26)(H,25,29). The van der Waals surface area contributed by atoms with Crippen LogP contribution in [0.3, 0.4) is 0 Å². The van der Waals surface area contributed by atoms with Crippen molar-refractivity contribution < 1.29 is 9.53 Å². The fraction of sp³-hybridized carbons (Fsp3) is 0.100. The van der Waals surface area contributed by atoms with Gasteiger partial charge in [-0.1, -0.05) is 0 Å². The highest BCUT2D eigenvalue weighted by Gasteiger charge is 2.06. The number of hydrogen-bond donors (Lipinski definition) is 2. The van der Waals surface area contributed by atoms with Gasteiger partial charge in [0.25, 0.3) is 5.91 Å². The second kappa shape index (κ2) is 8.78. The summed E-state index contributed by atoms with van der Waals surface area (Å²) in [5.41, 5.74) is 2.21. The molecule has 30 heavy (non-hydrogen) atoms. The molecule has 0 fully saturated rings. The number of anilines is 3. The van der Waals surface area contributed by atoms with Crippen LogP contribution >= 0.6 is 0 Å². The number of nitrogens with one attached hydrogen (secondary N) is 2. The molecule has 0 aliphatic carbocycles. The molecule has 10 heteroatoms. The molecular weight excluding hydrogens is 384 g/mol. The van der Waals surface area contributed by atoms with Crippen molar-refractivity contribution in [2.24, 2.45) is 0 Å². The normalized spacial score (nSPS) is 10.4. The van der Waals surface area contributed by atoms with E-state index in [-0.39, 0.29) is 18.5 Å². The summed E-state index contributed by atoms with van der Waals surface area (Å²) in [6.45, 7) is 1.64. The summed E-state index contributed by atoms with van der Waals surface area (Å²) in [5.74, 6) is 0.914. The Bertz CT molecular complexity index is 1110. The number of aryl methyl sites for hydroxylation is 1. The Kier molecular flexibility index (Phi) is 5.56. The number of rotatable bonds is 7. The van der Waals surface area contributed by atoms with E-state index < -0.39 is 0 Å². The maximum Gasteiger partial charge on any atom is 0.317 e. The average Bonchev–Trinajstić information content (AvgIpc) is 3.29. The molecule has 0 saturated heterocycles. The third kappa shape index (κ3) is 4.93. The minimum absolute atomic E-state index is 0.171. The minimum atomic E-state index is -0.305. The van der Waals surface area contributed by atoms with Crippen molar-refractivity contribution in [3.63, 3.8) is 0 Å². The lowest BCUT2D eigenvalue weighted by Crippen LogP contribution is -2.20. The van der Waals surface area contributed by atoms with Gasteiger partial charge in [0.15, 0.2) is 18.2 Å². The first kappa shape index (κ1) is 19.0. The summed E-state index contributed by atoms with van der Waals surface area (Å²) >= 11 is 0. The number of hydrogen-bond acceptors (Lipinski definition) is 8. The molecule has 0 bridgehead atoms. The van der Waals surface area contributed by atoms with Crippen LogP contribution in [0.4, 0.5) is 17.2 Å². The van der Waals surface area contributed by atoms with Gasteiger partial charge in [-0.05, 0) is 55.5 Å². The van der Waals surface area contributed by atoms with Crippen molar-refractivity contribution in [3.05, 3.63) is 72.8 Å². The molecule has 4 rings (SSSR count). The molecular formula is C20H18N8O2. The van der Waals surface area contributed by atoms with Gasteiger partial charge in [0.05, 0.1) is 0 Å². The smallest absolute Gasteiger partial charge is 0.317 e. The number of carbonyl (C=O) groups excluding carboxylic acids is 1. The van der Waals surface area contributed by atoms with E-state index in [9.17, 15) is 4.79 Å². The van der Waals surface area contributed by atoms with E-state index >= 15 is 0 Å². The van der Waals surface area contributed by atoms with Gasteiger partial charge in [-0.3, -0.25) is 4.79 Å². The fourth-order valence-corrected chi connectivity index (χ4v) is 2.53. The Morgan fingerprint density at radius 2 is 1.87 bits per heavy atom. The minimum Gasteiger partial charge on any atom is -0.453 e. The zero-order valence-corrected chi connectivity index (χ0v) is 16.1. The zero-order chi connectivity index (χ0) is 20.8. The van der Waals surface area contributed by atoms with Gasteiger partial charge < -0.3 is 15.4 Å². The van der Waals surface area contributed by atoms with Crippen LogP contribution in [0.2, 0.25) is 0 Å². The monoisotopic (exact) mass is 402 g/mol. The van der Waals surface area contributed by atoms with Gasteiger partial charge in [-0.15, -0.1) is 10.2 Å². The highest BCUT2D eigenvalue weighted by molar-refractivity contribution is 5.92. The molecule has 0 saturated carbocycles. The van der Waals surface area contributed by atoms with E-state index in [0.717, 1.165) is 11.4 Å². The number of aromatic nitrogens is 6. The quantitative estimate of drug-likeness (QED) is 0.484. The number of carbonyl (C=O) groups is 1. The van der Waals surface area contributed by atoms with Crippen LogP contribution in [-0.4, -0.2) is 42.5 Å². The van der Waals surface area contributed by atoms with Gasteiger partial charge >= 0.3 is 6.01 Å². The van der Waals surface area contributed by atoms with Crippen molar-refractivity contribution >= 4 is 23.1 Å². The molecule has 150 valence electrons. The molecule has 1 amide bonds. The predicted octanol–water partition coefficient (Wildman–Crippen LogP) is 2.52. The van der Waals surface area contributed by atoms with Gasteiger partial charge in [-0.25, -0.2) is 14.6 Å². The predicted molar refractivity (Wildman–Crippen MR) is 110 cm³/mol. The molecule has 0 radical (unpaired) electrons. The van der Waals surface area contributed by atoms with Gasteiger partial charge in [0.2, 0.25) is 0 Å². The molecule has 10 nitrogen and oxygen atoms in total. The van der Waals surface area contributed by atoms with Crippen LogP contribution in [0.1, 0.15) is 5.69 Å². The summed E-state index contributed by atoms with van der Waals surface area (Å²) in [5, 5.41) is 18.3. The first-order chi connectivity index (χ1) is 14.7. The molecule has 0 aliphatic heterocycles. The first-order valence-electron chi connectivity index (χ1n) is 9.09. The number of nitrogens with zero attached hydrogens (tertiary/aromatic N) is 6. The van der Waals surface area contributed by atoms with E-state index in [1.165, 1.54) is 0 Å². The highest BCUT2D eigenvalue weighted by atomic mass is 16.5. The SMILES string of the molecule is Cc1ccnc(OCC(=O)Nc2ccc(Nc3ccc(-n4cccn4)nn3)cc2)n1. The molecule has 4 aromatic rings. The Morgan fingerprint density at radius 3 is 2.57 bits per heavy atom. The molecule has 1 aromatic carbocycles. The lowest BCUT2D eigenvalue weighted by molar-refractivity contribution is -0.118. The largest absolute Gasteiger partial charge is 0.453 e. The number of ether oxygens (including phenoxy) is 1. The number of benzene rings is 1. The summed E-state index contributed by atoms with van der Waals surface area (Å²) in [7, 11) is 0. The van der Waals surface area contributed by atoms with E-state index in [0.29, 0.717) is 17.3 Å². The Labute approximate surface area is 172 Å². The van der Waals surface area contributed by atoms with Gasteiger partial charge in [-0.2, -0.15) is 5.10 Å². The molecule has 3 heterocycles. The number of amides is 1. The highest BCUT2D eigenvalue weighted by Crippen LogP contribution is 2.17. The second-order valence-electron chi connectivity index (χ2n) is 6.25. The molecule has 0 spiro atoms. The van der Waals surface area contributed by atoms with Crippen molar-refractivity contribution in [2.75, 3.05) is 17.2 Å². The van der Waals surface area contributed by atoms with Crippen LogP contribution in [0.15, 0.2) is 67.1 Å². The maximum absolute atomic E-state index is 12.0. The molecule has 3 aromatic heterocycles. The third-order valence-corrected chi connectivity index (χ3v) is 3.94. The van der Waals surface area contributed by atoms with Crippen LogP contribution in [0.25, 0.3) is 5.82 Å². The lowest BCUT2D eigenvalue weighted by Gasteiger charge is -2.09. The van der Waals surface area contributed by atoms with E-state index in [1.807, 2.05) is 37.3 Å². The fourth-order valence-electron chi connectivity index (χ4n) is 2.53. The molecule has 2 N–H and O–H groups in total. The molecule has 0 atom stereocenters. The summed E-state index contributed by atoms with van der Waals surface area (Å²) in [4.78, 5) is 20.1. The van der Waals surface area contributed by atoms with Crippen molar-refractivity contribution in [1.82, 2.24) is 29.9 Å². The Balaban J connectivity index is 1.30. The maximum atomic E-state index is 12.0. The zero-order valence-electron chi connectivity index (χ0n) is 16.1. The summed E-state index contributed by atoms with van der Waals surface area (Å²) < 4.78 is 6.92. The second-order valence-corrected chi connectivity index (χ2v) is 6.25. The molecule has 0 unspecified atom stereocenters. The third-order valence-electron chi connectivity index (χ3n) is 3.94.